The van der Waals surface area contributed by atoms with E-state index in [1.54, 1.807) is 13.2 Å². The van der Waals surface area contributed by atoms with E-state index in [0.29, 0.717) is 28.3 Å². The van der Waals surface area contributed by atoms with Gasteiger partial charge in [-0.15, -0.1) is 0 Å². The smallest absolute Gasteiger partial charge is 0.231 e. The van der Waals surface area contributed by atoms with Gasteiger partial charge in [0.25, 0.3) is 0 Å². The molecule has 0 saturated carbocycles. The Morgan fingerprint density at radius 3 is 2.64 bits per heavy atom. The normalized spacial score (nSPS) is 12.0. The second kappa shape index (κ2) is 7.44. The minimum atomic E-state index is 0.238. The largest absolute Gasteiger partial charge is 0.495 e. The molecule has 3 aromatic rings. The summed E-state index contributed by atoms with van der Waals surface area (Å²) in [6, 6.07) is 11.2. The van der Waals surface area contributed by atoms with Gasteiger partial charge in [0.2, 0.25) is 12.7 Å². The van der Waals surface area contributed by atoms with Crippen molar-refractivity contribution in [2.45, 2.75) is 13.8 Å². The maximum atomic E-state index is 6.18. The Kier molecular flexibility index (Phi) is 4.83. The summed E-state index contributed by atoms with van der Waals surface area (Å²) in [7, 11) is 1.59. The molecule has 0 saturated heterocycles. The molecule has 7 nitrogen and oxygen atoms in total. The summed E-state index contributed by atoms with van der Waals surface area (Å²) in [5, 5.41) is 7.12. The summed E-state index contributed by atoms with van der Waals surface area (Å²) in [5.41, 5.74) is 3.32. The maximum absolute atomic E-state index is 6.18. The van der Waals surface area contributed by atoms with Crippen molar-refractivity contribution in [3.05, 3.63) is 52.7 Å². The summed E-state index contributed by atoms with van der Waals surface area (Å²) >= 11 is 6.18. The lowest BCUT2D eigenvalue weighted by Gasteiger charge is -2.14. The molecule has 28 heavy (non-hydrogen) atoms. The van der Waals surface area contributed by atoms with Crippen LogP contribution in [0.2, 0.25) is 5.02 Å². The second-order valence-corrected chi connectivity index (χ2v) is 6.75. The number of ether oxygens (including phenoxy) is 3. The molecule has 0 bridgehead atoms. The predicted octanol–water partition coefficient (Wildman–Crippen LogP) is 4.97. The van der Waals surface area contributed by atoms with Crippen molar-refractivity contribution in [1.82, 2.24) is 9.97 Å². The van der Waals surface area contributed by atoms with Crippen LogP contribution in [0, 0.1) is 13.8 Å². The lowest BCUT2D eigenvalue weighted by Crippen LogP contribution is -2.03. The van der Waals surface area contributed by atoms with Gasteiger partial charge in [0, 0.05) is 34.6 Å². The molecule has 0 unspecified atom stereocenters. The van der Waals surface area contributed by atoms with Crippen molar-refractivity contribution in [1.29, 1.82) is 0 Å². The van der Waals surface area contributed by atoms with Crippen LogP contribution >= 0.6 is 11.6 Å². The molecule has 4 rings (SSSR count). The monoisotopic (exact) mass is 398 g/mol. The quantitative estimate of drug-likeness (QED) is 0.628. The Balaban J connectivity index is 1.60. The molecular formula is C20H19ClN4O3. The topological polar surface area (TPSA) is 77.5 Å². The molecule has 144 valence electrons. The van der Waals surface area contributed by atoms with E-state index in [2.05, 4.69) is 20.6 Å². The number of methoxy groups -OCH3 is 1. The van der Waals surface area contributed by atoms with Gasteiger partial charge >= 0.3 is 0 Å². The highest BCUT2D eigenvalue weighted by Crippen LogP contribution is 2.35. The summed E-state index contributed by atoms with van der Waals surface area (Å²) < 4.78 is 16.2. The van der Waals surface area contributed by atoms with E-state index in [0.717, 1.165) is 28.4 Å². The average Bonchev–Trinajstić information content (AvgIpc) is 3.12. The highest BCUT2D eigenvalue weighted by molar-refractivity contribution is 6.31. The van der Waals surface area contributed by atoms with E-state index < -0.39 is 0 Å². The van der Waals surface area contributed by atoms with Crippen molar-refractivity contribution in [2.24, 2.45) is 0 Å². The first kappa shape index (κ1) is 18.2. The number of fused-ring (bicyclic) bond motifs is 1. The summed E-state index contributed by atoms with van der Waals surface area (Å²) in [4.78, 5) is 9.01. The Labute approximate surface area is 167 Å². The van der Waals surface area contributed by atoms with Crippen molar-refractivity contribution in [3.8, 4) is 17.2 Å². The van der Waals surface area contributed by atoms with Crippen molar-refractivity contribution in [3.63, 3.8) is 0 Å². The van der Waals surface area contributed by atoms with Gasteiger partial charge in [-0.05, 0) is 37.6 Å². The first-order valence-electron chi connectivity index (χ1n) is 8.65. The van der Waals surface area contributed by atoms with Gasteiger partial charge in [-0.3, -0.25) is 0 Å². The van der Waals surface area contributed by atoms with Crippen LogP contribution in [0.5, 0.6) is 17.2 Å². The number of aromatic nitrogens is 2. The van der Waals surface area contributed by atoms with Gasteiger partial charge in [-0.1, -0.05) is 11.6 Å². The second-order valence-electron chi connectivity index (χ2n) is 6.34. The fraction of sp³-hybridized carbons (Fsp3) is 0.200. The minimum absolute atomic E-state index is 0.238. The van der Waals surface area contributed by atoms with Gasteiger partial charge in [0.05, 0.1) is 12.8 Å². The zero-order valence-corrected chi connectivity index (χ0v) is 16.4. The van der Waals surface area contributed by atoms with Crippen LogP contribution in [0.3, 0.4) is 0 Å². The van der Waals surface area contributed by atoms with Gasteiger partial charge in [0.15, 0.2) is 11.5 Å². The van der Waals surface area contributed by atoms with Gasteiger partial charge in [-0.2, -0.15) is 4.98 Å². The summed E-state index contributed by atoms with van der Waals surface area (Å²) in [6.45, 7) is 4.07. The molecule has 2 N–H and O–H groups in total. The molecule has 1 aliphatic heterocycles. The minimum Gasteiger partial charge on any atom is -0.495 e. The number of hydrogen-bond donors (Lipinski definition) is 2. The SMILES string of the molecule is COc1cc(Cl)c(C)cc1Nc1nc(C)cc(Nc2ccc3c(c2)OCO3)n1. The van der Waals surface area contributed by atoms with E-state index in [4.69, 9.17) is 25.8 Å². The number of rotatable bonds is 5. The van der Waals surface area contributed by atoms with Crippen LogP contribution < -0.4 is 24.8 Å². The van der Waals surface area contributed by atoms with Crippen LogP contribution in [0.15, 0.2) is 36.4 Å². The van der Waals surface area contributed by atoms with Crippen molar-refractivity contribution >= 4 is 34.7 Å². The first-order chi connectivity index (χ1) is 13.5. The van der Waals surface area contributed by atoms with E-state index in [-0.39, 0.29) is 6.79 Å². The van der Waals surface area contributed by atoms with E-state index >= 15 is 0 Å². The van der Waals surface area contributed by atoms with Crippen LogP contribution in [-0.2, 0) is 0 Å². The number of aryl methyl sites for hydroxylation is 2. The molecule has 0 radical (unpaired) electrons. The number of hydrogen-bond acceptors (Lipinski definition) is 7. The molecule has 1 aliphatic rings. The third kappa shape index (κ3) is 3.75. The number of nitrogens with one attached hydrogen (secondary N) is 2. The zero-order chi connectivity index (χ0) is 19.7. The standard InChI is InChI=1S/C20H19ClN4O3/c1-11-6-15(17(26-3)9-14(11)21)24-20-22-12(2)7-19(25-20)23-13-4-5-16-18(8-13)28-10-27-16/h4-9H,10H2,1-3H3,(H2,22,23,24,25). The van der Waals surface area contributed by atoms with Gasteiger partial charge < -0.3 is 24.8 Å². The van der Waals surface area contributed by atoms with Crippen LogP contribution in [0.4, 0.5) is 23.1 Å². The molecule has 0 spiro atoms. The fourth-order valence-electron chi connectivity index (χ4n) is 2.86. The number of benzene rings is 2. The third-order valence-corrected chi connectivity index (χ3v) is 4.63. The predicted molar refractivity (Wildman–Crippen MR) is 109 cm³/mol. The number of nitrogens with zero attached hydrogens (tertiary/aromatic N) is 2. The average molecular weight is 399 g/mol. The molecule has 0 atom stereocenters. The Hall–Kier alpha value is -3.19. The first-order valence-corrected chi connectivity index (χ1v) is 9.03. The van der Waals surface area contributed by atoms with Crippen LogP contribution in [0.25, 0.3) is 0 Å². The van der Waals surface area contributed by atoms with Gasteiger partial charge in [0.1, 0.15) is 11.6 Å². The van der Waals surface area contributed by atoms with E-state index in [1.165, 1.54) is 0 Å². The molecule has 8 heteroatoms. The lowest BCUT2D eigenvalue weighted by molar-refractivity contribution is 0.174. The molecule has 0 amide bonds. The fourth-order valence-corrected chi connectivity index (χ4v) is 3.01. The zero-order valence-electron chi connectivity index (χ0n) is 15.7. The molecular weight excluding hydrogens is 380 g/mol. The number of halogens is 1. The van der Waals surface area contributed by atoms with Crippen LogP contribution in [-0.4, -0.2) is 23.9 Å². The summed E-state index contributed by atoms with van der Waals surface area (Å²) in [5.74, 6) is 3.15. The molecule has 0 aliphatic carbocycles. The third-order valence-electron chi connectivity index (χ3n) is 4.23. The van der Waals surface area contributed by atoms with E-state index in [9.17, 15) is 0 Å². The molecule has 2 aromatic carbocycles. The Bertz CT molecular complexity index is 1040. The summed E-state index contributed by atoms with van der Waals surface area (Å²) in [6.07, 6.45) is 0. The number of anilines is 4. The highest BCUT2D eigenvalue weighted by atomic mass is 35.5. The van der Waals surface area contributed by atoms with Crippen LogP contribution in [0.1, 0.15) is 11.3 Å². The maximum Gasteiger partial charge on any atom is 0.231 e. The van der Waals surface area contributed by atoms with Crippen molar-refractivity contribution < 1.29 is 14.2 Å². The Morgan fingerprint density at radius 2 is 1.82 bits per heavy atom. The highest BCUT2D eigenvalue weighted by Gasteiger charge is 2.14. The molecule has 2 heterocycles. The lowest BCUT2D eigenvalue weighted by atomic mass is 10.2. The van der Waals surface area contributed by atoms with E-state index in [1.807, 2.05) is 44.2 Å². The molecule has 0 fully saturated rings. The van der Waals surface area contributed by atoms with Crippen molar-refractivity contribution in [2.75, 3.05) is 24.5 Å². The van der Waals surface area contributed by atoms with Gasteiger partial charge in [-0.25, -0.2) is 4.98 Å². The molecule has 1 aromatic heterocycles. The Morgan fingerprint density at radius 1 is 1.00 bits per heavy atom.